The van der Waals surface area contributed by atoms with Crippen LogP contribution in [-0.2, 0) is 0 Å². The highest BCUT2D eigenvalue weighted by atomic mass is 16.3. The fourth-order valence-corrected chi connectivity index (χ4v) is 2.09. The molecule has 12 heavy (non-hydrogen) atoms. The Morgan fingerprint density at radius 3 is 2.75 bits per heavy atom. The van der Waals surface area contributed by atoms with Crippen molar-refractivity contribution >= 4 is 0 Å². The Bertz CT molecular complexity index is 116. The van der Waals surface area contributed by atoms with Gasteiger partial charge in [0, 0.05) is 6.61 Å². The van der Waals surface area contributed by atoms with E-state index in [9.17, 15) is 0 Å². The van der Waals surface area contributed by atoms with Crippen LogP contribution in [0.15, 0.2) is 0 Å². The third kappa shape index (κ3) is 2.76. The van der Waals surface area contributed by atoms with Gasteiger partial charge in [-0.05, 0) is 44.2 Å². The molecule has 0 bridgehead atoms. The van der Waals surface area contributed by atoms with Crippen molar-refractivity contribution < 1.29 is 5.11 Å². The molecule has 2 nitrogen and oxygen atoms in total. The van der Waals surface area contributed by atoms with Crippen LogP contribution in [0.25, 0.3) is 0 Å². The van der Waals surface area contributed by atoms with Gasteiger partial charge in [0.15, 0.2) is 0 Å². The smallest absolute Gasteiger partial charge is 0.0462 e. The van der Waals surface area contributed by atoms with Gasteiger partial charge in [-0.15, -0.1) is 0 Å². The summed E-state index contributed by atoms with van der Waals surface area (Å²) in [4.78, 5) is 0. The monoisotopic (exact) mass is 171 g/mol. The van der Waals surface area contributed by atoms with E-state index >= 15 is 0 Å². The van der Waals surface area contributed by atoms with Gasteiger partial charge in [-0.1, -0.05) is 13.3 Å². The zero-order chi connectivity index (χ0) is 8.81. The number of aliphatic hydroxyl groups is 1. The van der Waals surface area contributed by atoms with Crippen molar-refractivity contribution in [1.29, 1.82) is 0 Å². The molecule has 0 aromatic carbocycles. The molecule has 1 aliphatic rings. The van der Waals surface area contributed by atoms with Crippen LogP contribution in [0, 0.1) is 11.8 Å². The standard InChI is InChI=1S/C10H21NO/c1-2-6-11-7-9-4-3-5-10(9)8-12/h9-12H,2-8H2,1H3. The highest BCUT2D eigenvalue weighted by Gasteiger charge is 2.25. The minimum Gasteiger partial charge on any atom is -0.396 e. The zero-order valence-electron chi connectivity index (χ0n) is 8.05. The number of aliphatic hydroxyl groups excluding tert-OH is 1. The van der Waals surface area contributed by atoms with Crippen molar-refractivity contribution in [2.24, 2.45) is 11.8 Å². The molecule has 0 aromatic heterocycles. The van der Waals surface area contributed by atoms with E-state index in [0.29, 0.717) is 12.5 Å². The maximum atomic E-state index is 9.07. The summed E-state index contributed by atoms with van der Waals surface area (Å²) in [6, 6.07) is 0. The molecule has 1 saturated carbocycles. The molecule has 0 saturated heterocycles. The SMILES string of the molecule is CCCNCC1CCCC1CO. The molecular weight excluding hydrogens is 150 g/mol. The first-order valence-electron chi connectivity index (χ1n) is 5.20. The summed E-state index contributed by atoms with van der Waals surface area (Å²) in [6.45, 7) is 4.80. The van der Waals surface area contributed by atoms with Gasteiger partial charge in [0.1, 0.15) is 0 Å². The molecule has 2 heteroatoms. The Labute approximate surface area is 75.4 Å². The fourth-order valence-electron chi connectivity index (χ4n) is 2.09. The normalized spacial score (nSPS) is 29.5. The van der Waals surface area contributed by atoms with Gasteiger partial charge < -0.3 is 10.4 Å². The van der Waals surface area contributed by atoms with E-state index in [1.807, 2.05) is 0 Å². The van der Waals surface area contributed by atoms with Crippen LogP contribution >= 0.6 is 0 Å². The summed E-state index contributed by atoms with van der Waals surface area (Å²) in [5.41, 5.74) is 0. The molecule has 2 unspecified atom stereocenters. The maximum Gasteiger partial charge on any atom is 0.0462 e. The predicted octanol–water partition coefficient (Wildman–Crippen LogP) is 1.39. The molecular formula is C10H21NO. The van der Waals surface area contributed by atoms with Crippen LogP contribution in [0.3, 0.4) is 0 Å². The van der Waals surface area contributed by atoms with Crippen molar-refractivity contribution in [3.8, 4) is 0 Å². The van der Waals surface area contributed by atoms with E-state index in [1.165, 1.54) is 25.7 Å². The van der Waals surface area contributed by atoms with Gasteiger partial charge in [-0.25, -0.2) is 0 Å². The lowest BCUT2D eigenvalue weighted by Gasteiger charge is -2.17. The molecule has 0 aromatic rings. The topological polar surface area (TPSA) is 32.3 Å². The lowest BCUT2D eigenvalue weighted by Crippen LogP contribution is -2.27. The van der Waals surface area contributed by atoms with Gasteiger partial charge in [-0.3, -0.25) is 0 Å². The summed E-state index contributed by atoms with van der Waals surface area (Å²) in [7, 11) is 0. The highest BCUT2D eigenvalue weighted by Crippen LogP contribution is 2.30. The van der Waals surface area contributed by atoms with E-state index < -0.39 is 0 Å². The first-order valence-corrected chi connectivity index (χ1v) is 5.20. The number of nitrogens with one attached hydrogen (secondary N) is 1. The van der Waals surface area contributed by atoms with Crippen molar-refractivity contribution in [2.45, 2.75) is 32.6 Å². The molecule has 2 atom stereocenters. The molecule has 0 amide bonds. The average Bonchev–Trinajstić information content (AvgIpc) is 2.52. The number of hydrogen-bond acceptors (Lipinski definition) is 2. The van der Waals surface area contributed by atoms with Crippen LogP contribution < -0.4 is 5.32 Å². The maximum absolute atomic E-state index is 9.07. The molecule has 72 valence electrons. The quantitative estimate of drug-likeness (QED) is 0.613. The first kappa shape index (κ1) is 10.0. The Morgan fingerprint density at radius 2 is 2.08 bits per heavy atom. The van der Waals surface area contributed by atoms with Gasteiger partial charge in [0.05, 0.1) is 0 Å². The summed E-state index contributed by atoms with van der Waals surface area (Å²) < 4.78 is 0. The zero-order valence-corrected chi connectivity index (χ0v) is 8.05. The van der Waals surface area contributed by atoms with Gasteiger partial charge >= 0.3 is 0 Å². The molecule has 2 N–H and O–H groups in total. The van der Waals surface area contributed by atoms with Crippen molar-refractivity contribution in [3.05, 3.63) is 0 Å². The van der Waals surface area contributed by atoms with E-state index in [4.69, 9.17) is 5.11 Å². The molecule has 0 spiro atoms. The molecule has 1 rings (SSSR count). The highest BCUT2D eigenvalue weighted by molar-refractivity contribution is 4.78. The second-order valence-corrected chi connectivity index (χ2v) is 3.84. The lowest BCUT2D eigenvalue weighted by molar-refractivity contribution is 0.192. The Kier molecular flexibility index (Phi) is 4.62. The summed E-state index contributed by atoms with van der Waals surface area (Å²) >= 11 is 0. The van der Waals surface area contributed by atoms with Crippen LogP contribution in [0.5, 0.6) is 0 Å². The number of rotatable bonds is 5. The van der Waals surface area contributed by atoms with Gasteiger partial charge in [-0.2, -0.15) is 0 Å². The van der Waals surface area contributed by atoms with Crippen molar-refractivity contribution in [1.82, 2.24) is 5.32 Å². The van der Waals surface area contributed by atoms with E-state index in [-0.39, 0.29) is 0 Å². The molecule has 0 aliphatic heterocycles. The van der Waals surface area contributed by atoms with E-state index in [0.717, 1.165) is 19.0 Å². The van der Waals surface area contributed by atoms with E-state index in [1.54, 1.807) is 0 Å². The number of hydrogen-bond donors (Lipinski definition) is 2. The summed E-state index contributed by atoms with van der Waals surface area (Å²) in [6.07, 6.45) is 5.05. The molecule has 0 radical (unpaired) electrons. The van der Waals surface area contributed by atoms with Crippen LogP contribution in [0.2, 0.25) is 0 Å². The van der Waals surface area contributed by atoms with Gasteiger partial charge in [0.2, 0.25) is 0 Å². The third-order valence-electron chi connectivity index (χ3n) is 2.88. The van der Waals surface area contributed by atoms with Gasteiger partial charge in [0.25, 0.3) is 0 Å². The summed E-state index contributed by atoms with van der Waals surface area (Å²) in [5.74, 6) is 1.32. The van der Waals surface area contributed by atoms with Crippen molar-refractivity contribution in [2.75, 3.05) is 19.7 Å². The molecule has 0 heterocycles. The predicted molar refractivity (Wildman–Crippen MR) is 51.1 cm³/mol. The van der Waals surface area contributed by atoms with Crippen molar-refractivity contribution in [3.63, 3.8) is 0 Å². The summed E-state index contributed by atoms with van der Waals surface area (Å²) in [5, 5.41) is 12.5. The second kappa shape index (κ2) is 5.55. The lowest BCUT2D eigenvalue weighted by atomic mass is 9.97. The second-order valence-electron chi connectivity index (χ2n) is 3.84. The third-order valence-corrected chi connectivity index (χ3v) is 2.88. The van der Waals surface area contributed by atoms with Crippen LogP contribution in [0.4, 0.5) is 0 Å². The van der Waals surface area contributed by atoms with Crippen LogP contribution in [0.1, 0.15) is 32.6 Å². The molecule has 1 fully saturated rings. The Morgan fingerprint density at radius 1 is 1.33 bits per heavy atom. The minimum absolute atomic E-state index is 0.387. The Balaban J connectivity index is 2.12. The average molecular weight is 171 g/mol. The first-order chi connectivity index (χ1) is 5.88. The Hall–Kier alpha value is -0.0800. The molecule has 1 aliphatic carbocycles. The van der Waals surface area contributed by atoms with E-state index in [2.05, 4.69) is 12.2 Å². The fraction of sp³-hybridized carbons (Fsp3) is 1.00. The van der Waals surface area contributed by atoms with Crippen LogP contribution in [-0.4, -0.2) is 24.8 Å². The largest absolute Gasteiger partial charge is 0.396 e. The minimum atomic E-state index is 0.387.